The molecule has 0 aromatic rings. The second kappa shape index (κ2) is 7.47. The fraction of sp³-hybridized carbons (Fsp3) is 1.00. The molecule has 1 fully saturated rings. The summed E-state index contributed by atoms with van der Waals surface area (Å²) in [4.78, 5) is 0. The zero-order valence-electron chi connectivity index (χ0n) is 10.6. The van der Waals surface area contributed by atoms with Crippen LogP contribution < -0.4 is 0 Å². The van der Waals surface area contributed by atoms with Gasteiger partial charge < -0.3 is 9.05 Å². The van der Waals surface area contributed by atoms with Crippen LogP contribution in [0.1, 0.15) is 52.4 Å². The molecule has 0 aliphatic heterocycles. The highest BCUT2D eigenvalue weighted by atomic mass is 31.2. The van der Waals surface area contributed by atoms with E-state index in [2.05, 4.69) is 0 Å². The van der Waals surface area contributed by atoms with E-state index in [1.807, 2.05) is 13.8 Å². The predicted octanol–water partition coefficient (Wildman–Crippen LogP) is 4.22. The normalized spacial score (nSPS) is 18.9. The van der Waals surface area contributed by atoms with E-state index in [1.165, 1.54) is 32.1 Å². The molecular formula is C12H25O3P. The van der Waals surface area contributed by atoms with Gasteiger partial charge in [0.1, 0.15) is 0 Å². The van der Waals surface area contributed by atoms with Gasteiger partial charge in [0.05, 0.1) is 19.4 Å². The van der Waals surface area contributed by atoms with Crippen molar-refractivity contribution in [2.75, 3.05) is 19.4 Å². The lowest BCUT2D eigenvalue weighted by Crippen LogP contribution is -2.10. The third-order valence-corrected chi connectivity index (χ3v) is 5.30. The Labute approximate surface area is 99.4 Å². The van der Waals surface area contributed by atoms with Gasteiger partial charge in [0, 0.05) is 0 Å². The fourth-order valence-electron chi connectivity index (χ4n) is 2.38. The largest absolute Gasteiger partial charge is 0.330 e. The first-order valence-electron chi connectivity index (χ1n) is 6.58. The fourth-order valence-corrected chi connectivity index (χ4v) is 4.18. The smallest absolute Gasteiger partial charge is 0.309 e. The van der Waals surface area contributed by atoms with Crippen LogP contribution in [-0.2, 0) is 13.6 Å². The van der Waals surface area contributed by atoms with Crippen molar-refractivity contribution in [3.8, 4) is 0 Å². The summed E-state index contributed by atoms with van der Waals surface area (Å²) in [6.45, 7) is 4.68. The number of rotatable bonds is 7. The summed E-state index contributed by atoms with van der Waals surface area (Å²) in [6, 6.07) is 0. The van der Waals surface area contributed by atoms with Gasteiger partial charge in [-0.25, -0.2) is 0 Å². The highest BCUT2D eigenvalue weighted by molar-refractivity contribution is 7.53. The lowest BCUT2D eigenvalue weighted by atomic mass is 9.88. The van der Waals surface area contributed by atoms with Crippen LogP contribution in [0.4, 0.5) is 0 Å². The predicted molar refractivity (Wildman–Crippen MR) is 66.9 cm³/mol. The van der Waals surface area contributed by atoms with Crippen molar-refractivity contribution in [2.24, 2.45) is 5.92 Å². The Kier molecular flexibility index (Phi) is 6.64. The zero-order chi connectivity index (χ0) is 11.9. The third-order valence-electron chi connectivity index (χ3n) is 3.19. The molecule has 1 rings (SSSR count). The molecule has 0 radical (unpaired) electrons. The van der Waals surface area contributed by atoms with Crippen LogP contribution >= 0.6 is 7.60 Å². The minimum atomic E-state index is -2.79. The Balaban J connectivity index is 2.33. The van der Waals surface area contributed by atoms with E-state index in [4.69, 9.17) is 9.05 Å². The van der Waals surface area contributed by atoms with Crippen LogP contribution in [0.5, 0.6) is 0 Å². The molecule has 0 unspecified atom stereocenters. The molecule has 16 heavy (non-hydrogen) atoms. The minimum Gasteiger partial charge on any atom is -0.309 e. The molecule has 1 aliphatic carbocycles. The van der Waals surface area contributed by atoms with Crippen LogP contribution in [0.3, 0.4) is 0 Å². The summed E-state index contributed by atoms with van der Waals surface area (Å²) >= 11 is 0. The van der Waals surface area contributed by atoms with Crippen molar-refractivity contribution in [2.45, 2.75) is 52.4 Å². The molecular weight excluding hydrogens is 223 g/mol. The Morgan fingerprint density at radius 3 is 2.12 bits per heavy atom. The van der Waals surface area contributed by atoms with Crippen molar-refractivity contribution in [3.63, 3.8) is 0 Å². The second-order valence-electron chi connectivity index (χ2n) is 4.46. The van der Waals surface area contributed by atoms with Crippen LogP contribution in [0, 0.1) is 5.92 Å². The van der Waals surface area contributed by atoms with Crippen molar-refractivity contribution in [3.05, 3.63) is 0 Å². The van der Waals surface area contributed by atoms with Crippen molar-refractivity contribution in [1.29, 1.82) is 0 Å². The number of hydrogen-bond acceptors (Lipinski definition) is 3. The maximum atomic E-state index is 12.2. The van der Waals surface area contributed by atoms with E-state index in [-0.39, 0.29) is 0 Å². The summed E-state index contributed by atoms with van der Waals surface area (Å²) < 4.78 is 22.8. The Bertz CT molecular complexity index is 214. The summed E-state index contributed by atoms with van der Waals surface area (Å²) in [5.41, 5.74) is 0. The first-order chi connectivity index (χ1) is 7.70. The topological polar surface area (TPSA) is 35.5 Å². The second-order valence-corrected chi connectivity index (χ2v) is 6.65. The van der Waals surface area contributed by atoms with Gasteiger partial charge in [0.15, 0.2) is 0 Å². The third kappa shape index (κ3) is 4.99. The molecule has 0 heterocycles. The average molecular weight is 248 g/mol. The van der Waals surface area contributed by atoms with Gasteiger partial charge in [0.25, 0.3) is 0 Å². The van der Waals surface area contributed by atoms with Gasteiger partial charge in [-0.3, -0.25) is 4.57 Å². The lowest BCUT2D eigenvalue weighted by Gasteiger charge is -2.23. The van der Waals surface area contributed by atoms with Gasteiger partial charge >= 0.3 is 7.60 Å². The molecule has 0 bridgehead atoms. The van der Waals surface area contributed by atoms with Crippen molar-refractivity contribution in [1.82, 2.24) is 0 Å². The molecule has 0 atom stereocenters. The highest BCUT2D eigenvalue weighted by Gasteiger charge is 2.25. The SMILES string of the molecule is CCOP(=O)(CCC1CCCCC1)OCC. The van der Waals surface area contributed by atoms with E-state index < -0.39 is 7.60 Å². The van der Waals surface area contributed by atoms with E-state index in [9.17, 15) is 4.57 Å². The van der Waals surface area contributed by atoms with E-state index >= 15 is 0 Å². The summed E-state index contributed by atoms with van der Waals surface area (Å²) in [6.07, 6.45) is 8.20. The van der Waals surface area contributed by atoms with Crippen LogP contribution in [-0.4, -0.2) is 19.4 Å². The van der Waals surface area contributed by atoms with Crippen LogP contribution in [0.2, 0.25) is 0 Å². The molecule has 0 N–H and O–H groups in total. The monoisotopic (exact) mass is 248 g/mol. The van der Waals surface area contributed by atoms with Gasteiger partial charge in [-0.05, 0) is 26.2 Å². The molecule has 1 saturated carbocycles. The Morgan fingerprint density at radius 2 is 1.62 bits per heavy atom. The summed E-state index contributed by atoms with van der Waals surface area (Å²) in [7, 11) is -2.79. The minimum absolute atomic E-state index is 0.474. The van der Waals surface area contributed by atoms with Crippen LogP contribution in [0.25, 0.3) is 0 Å². The maximum absolute atomic E-state index is 12.2. The van der Waals surface area contributed by atoms with E-state index in [0.717, 1.165) is 12.3 Å². The molecule has 3 nitrogen and oxygen atoms in total. The zero-order valence-corrected chi connectivity index (χ0v) is 11.5. The molecule has 0 aromatic carbocycles. The first-order valence-corrected chi connectivity index (χ1v) is 8.31. The Hall–Kier alpha value is 0.150. The molecule has 0 spiro atoms. The number of hydrogen-bond donors (Lipinski definition) is 0. The first kappa shape index (κ1) is 14.2. The molecule has 4 heteroatoms. The quantitative estimate of drug-likeness (QED) is 0.633. The molecule has 0 aromatic heterocycles. The van der Waals surface area contributed by atoms with E-state index in [1.54, 1.807) is 0 Å². The molecule has 0 amide bonds. The lowest BCUT2D eigenvalue weighted by molar-refractivity contribution is 0.216. The van der Waals surface area contributed by atoms with Gasteiger partial charge in [-0.2, -0.15) is 0 Å². The van der Waals surface area contributed by atoms with Crippen molar-refractivity contribution < 1.29 is 13.6 Å². The molecule has 96 valence electrons. The van der Waals surface area contributed by atoms with Crippen molar-refractivity contribution >= 4 is 7.60 Å². The van der Waals surface area contributed by atoms with Crippen LogP contribution in [0.15, 0.2) is 0 Å². The molecule has 1 aliphatic rings. The summed E-state index contributed by atoms with van der Waals surface area (Å²) in [5.74, 6) is 0.739. The van der Waals surface area contributed by atoms with Gasteiger partial charge in [-0.15, -0.1) is 0 Å². The van der Waals surface area contributed by atoms with Gasteiger partial charge in [-0.1, -0.05) is 32.1 Å². The van der Waals surface area contributed by atoms with E-state index in [0.29, 0.717) is 19.4 Å². The molecule has 0 saturated heterocycles. The average Bonchev–Trinajstić information content (AvgIpc) is 2.29. The van der Waals surface area contributed by atoms with Gasteiger partial charge in [0.2, 0.25) is 0 Å². The Morgan fingerprint density at radius 1 is 1.06 bits per heavy atom. The highest BCUT2D eigenvalue weighted by Crippen LogP contribution is 2.49. The summed E-state index contributed by atoms with van der Waals surface area (Å²) in [5, 5.41) is 0. The maximum Gasteiger partial charge on any atom is 0.330 e. The standard InChI is InChI=1S/C12H25O3P/c1-3-14-16(13,15-4-2)11-10-12-8-6-5-7-9-12/h12H,3-11H2,1-2H3.